The number of ketones is 1. The summed E-state index contributed by atoms with van der Waals surface area (Å²) in [6.07, 6.45) is 1.02. The van der Waals surface area contributed by atoms with Gasteiger partial charge in [-0.25, -0.2) is 9.98 Å². The monoisotopic (exact) mass is 264 g/mol. The molecule has 0 fully saturated rings. The second-order valence-electron chi connectivity index (χ2n) is 3.65. The molecule has 0 radical (unpaired) electrons. The molecule has 0 bridgehead atoms. The Balaban J connectivity index is 3.12. The Morgan fingerprint density at radius 1 is 1.47 bits per heavy atom. The number of rotatable bonds is 4. The molecule has 0 aromatic carbocycles. The number of aromatic nitrogens is 1. The summed E-state index contributed by atoms with van der Waals surface area (Å²) in [6, 6.07) is 2.50. The van der Waals surface area contributed by atoms with Gasteiger partial charge < -0.3 is 10.8 Å². The number of hydrogen-bond donors (Lipinski definition) is 2. The van der Waals surface area contributed by atoms with Crippen LogP contribution in [0.15, 0.2) is 34.7 Å². The fraction of sp³-hybridized carbons (Fsp3) is 0.182. The lowest BCUT2D eigenvalue weighted by Crippen LogP contribution is -2.21. The highest BCUT2D eigenvalue weighted by Gasteiger charge is 2.13. The largest absolute Gasteiger partial charge is 0.512 e. The smallest absolute Gasteiger partial charge is 0.287 e. The molecule has 1 heterocycles. The van der Waals surface area contributed by atoms with E-state index >= 15 is 0 Å². The van der Waals surface area contributed by atoms with Crippen LogP contribution in [0.2, 0.25) is 0 Å². The Hall–Kier alpha value is -2.77. The molecule has 8 heteroatoms. The Kier molecular flexibility index (Phi) is 4.30. The van der Waals surface area contributed by atoms with Crippen molar-refractivity contribution in [3.8, 4) is 0 Å². The highest BCUT2D eigenvalue weighted by atomic mass is 16.6. The minimum Gasteiger partial charge on any atom is -0.512 e. The number of nitrogens with zero attached hydrogens (tertiary/aromatic N) is 3. The summed E-state index contributed by atoms with van der Waals surface area (Å²) >= 11 is 0. The Labute approximate surface area is 108 Å². The predicted octanol–water partition coefficient (Wildman–Crippen LogP) is 1.40. The van der Waals surface area contributed by atoms with Crippen molar-refractivity contribution in [1.29, 1.82) is 0 Å². The van der Waals surface area contributed by atoms with Crippen molar-refractivity contribution in [3.05, 3.63) is 39.8 Å². The molecule has 1 aromatic rings. The van der Waals surface area contributed by atoms with Crippen LogP contribution >= 0.6 is 0 Å². The van der Waals surface area contributed by atoms with Crippen LogP contribution in [0.5, 0.6) is 0 Å². The number of hydrogen-bond acceptors (Lipinski definition) is 6. The van der Waals surface area contributed by atoms with Gasteiger partial charge in [-0.1, -0.05) is 0 Å². The van der Waals surface area contributed by atoms with Crippen LogP contribution in [0.25, 0.3) is 0 Å². The topological polar surface area (TPSA) is 132 Å². The number of amidine groups is 1. The first-order chi connectivity index (χ1) is 8.82. The van der Waals surface area contributed by atoms with Crippen LogP contribution < -0.4 is 5.73 Å². The number of nitro groups is 1. The Morgan fingerprint density at radius 3 is 2.47 bits per heavy atom. The second-order valence-corrected chi connectivity index (χ2v) is 3.65. The third-order valence-corrected chi connectivity index (χ3v) is 2.15. The first-order valence-electron chi connectivity index (χ1n) is 5.18. The number of aliphatic hydroxyl groups excluding tert-OH is 1. The summed E-state index contributed by atoms with van der Waals surface area (Å²) in [7, 11) is 0. The zero-order valence-electron chi connectivity index (χ0n) is 10.3. The molecule has 0 amide bonds. The van der Waals surface area contributed by atoms with Gasteiger partial charge in [0.15, 0.2) is 11.6 Å². The van der Waals surface area contributed by atoms with Gasteiger partial charge >= 0.3 is 0 Å². The van der Waals surface area contributed by atoms with E-state index in [-0.39, 0.29) is 28.7 Å². The van der Waals surface area contributed by atoms with Gasteiger partial charge in [0, 0.05) is 6.07 Å². The minimum atomic E-state index is -0.595. The number of aliphatic hydroxyl groups is 1. The first kappa shape index (κ1) is 14.3. The third-order valence-electron chi connectivity index (χ3n) is 2.15. The maximum absolute atomic E-state index is 11.3. The van der Waals surface area contributed by atoms with Gasteiger partial charge in [0.25, 0.3) is 5.69 Å². The van der Waals surface area contributed by atoms with Gasteiger partial charge in [0.05, 0.1) is 10.5 Å². The van der Waals surface area contributed by atoms with Crippen LogP contribution in [0, 0.1) is 10.1 Å². The van der Waals surface area contributed by atoms with E-state index in [1.165, 1.54) is 26.0 Å². The lowest BCUT2D eigenvalue weighted by molar-refractivity contribution is -0.385. The highest BCUT2D eigenvalue weighted by Crippen LogP contribution is 2.15. The van der Waals surface area contributed by atoms with E-state index in [0.717, 1.165) is 6.20 Å². The number of carbonyl (C=O) groups excluding carboxylic acids is 1. The standard InChI is InChI=1S/C11H12N4O4/c1-6(16)10(7(2)17)11(12)14-9-4-3-8(5-13-9)15(18)19/h3-5,16H,1-2H3,(H2,12,13,14). The van der Waals surface area contributed by atoms with Crippen LogP contribution in [0.3, 0.4) is 0 Å². The van der Waals surface area contributed by atoms with E-state index in [4.69, 9.17) is 5.73 Å². The number of carbonyl (C=O) groups is 1. The minimum absolute atomic E-state index is 0.100. The van der Waals surface area contributed by atoms with Crippen LogP contribution in [-0.2, 0) is 4.79 Å². The molecule has 0 unspecified atom stereocenters. The molecule has 1 aromatic heterocycles. The van der Waals surface area contributed by atoms with Gasteiger partial charge in [-0.3, -0.25) is 14.9 Å². The molecule has 8 nitrogen and oxygen atoms in total. The zero-order valence-corrected chi connectivity index (χ0v) is 10.3. The van der Waals surface area contributed by atoms with E-state index < -0.39 is 10.7 Å². The number of Topliss-reactive ketones (excluding diaryl/α,β-unsaturated/α-hetero) is 1. The first-order valence-corrected chi connectivity index (χ1v) is 5.18. The zero-order chi connectivity index (χ0) is 14.6. The van der Waals surface area contributed by atoms with Crippen LogP contribution in [0.4, 0.5) is 11.5 Å². The van der Waals surface area contributed by atoms with E-state index in [1.54, 1.807) is 0 Å². The Morgan fingerprint density at radius 2 is 2.11 bits per heavy atom. The third kappa shape index (κ3) is 3.60. The van der Waals surface area contributed by atoms with Gasteiger partial charge in [0.1, 0.15) is 17.8 Å². The maximum atomic E-state index is 11.3. The average molecular weight is 264 g/mol. The van der Waals surface area contributed by atoms with Crippen molar-refractivity contribution in [2.45, 2.75) is 13.8 Å². The average Bonchev–Trinajstić information content (AvgIpc) is 2.28. The normalized spacial score (nSPS) is 12.8. The molecule has 0 aliphatic carbocycles. The SMILES string of the molecule is CC(=O)C(C(N)=Nc1ccc([N+](=O)[O-])cn1)=C(C)O. The molecular weight excluding hydrogens is 252 g/mol. The van der Waals surface area contributed by atoms with E-state index in [1.807, 2.05) is 0 Å². The van der Waals surface area contributed by atoms with Crippen molar-refractivity contribution in [2.75, 3.05) is 0 Å². The molecular formula is C11H12N4O4. The number of pyridine rings is 1. The lowest BCUT2D eigenvalue weighted by Gasteiger charge is -2.04. The molecule has 0 aliphatic heterocycles. The second kappa shape index (κ2) is 5.71. The van der Waals surface area contributed by atoms with Crippen LogP contribution in [-0.4, -0.2) is 26.6 Å². The highest BCUT2D eigenvalue weighted by molar-refractivity contribution is 6.20. The molecule has 3 N–H and O–H groups in total. The summed E-state index contributed by atoms with van der Waals surface area (Å²) in [6.45, 7) is 2.54. The van der Waals surface area contributed by atoms with E-state index in [0.29, 0.717) is 0 Å². The maximum Gasteiger partial charge on any atom is 0.287 e. The quantitative estimate of drug-likeness (QED) is 0.211. The molecule has 19 heavy (non-hydrogen) atoms. The van der Waals surface area contributed by atoms with Gasteiger partial charge in [0.2, 0.25) is 0 Å². The van der Waals surface area contributed by atoms with E-state index in [9.17, 15) is 20.0 Å². The van der Waals surface area contributed by atoms with Gasteiger partial charge in [-0.05, 0) is 19.9 Å². The fourth-order valence-electron chi connectivity index (χ4n) is 1.35. The Bertz CT molecular complexity index is 571. The van der Waals surface area contributed by atoms with Crippen molar-refractivity contribution < 1.29 is 14.8 Å². The predicted molar refractivity (Wildman–Crippen MR) is 68.2 cm³/mol. The fourth-order valence-corrected chi connectivity index (χ4v) is 1.35. The molecule has 0 saturated carbocycles. The molecule has 0 atom stereocenters. The van der Waals surface area contributed by atoms with Gasteiger partial charge in [-0.15, -0.1) is 0 Å². The summed E-state index contributed by atoms with van der Waals surface area (Å²) in [5.74, 6) is -0.796. The lowest BCUT2D eigenvalue weighted by atomic mass is 10.1. The summed E-state index contributed by atoms with van der Waals surface area (Å²) in [4.78, 5) is 28.7. The van der Waals surface area contributed by atoms with Gasteiger partial charge in [-0.2, -0.15) is 0 Å². The number of allylic oxidation sites excluding steroid dienone is 1. The molecule has 0 saturated heterocycles. The van der Waals surface area contributed by atoms with Crippen LogP contribution in [0.1, 0.15) is 13.8 Å². The molecule has 0 spiro atoms. The van der Waals surface area contributed by atoms with Crippen molar-refractivity contribution >= 4 is 23.1 Å². The number of aliphatic imine (C=N–C) groups is 1. The van der Waals surface area contributed by atoms with Crippen molar-refractivity contribution in [1.82, 2.24) is 4.98 Å². The summed E-state index contributed by atoms with van der Waals surface area (Å²) < 4.78 is 0. The molecule has 100 valence electrons. The molecule has 0 aliphatic rings. The van der Waals surface area contributed by atoms with Crippen molar-refractivity contribution in [3.63, 3.8) is 0 Å². The van der Waals surface area contributed by atoms with E-state index in [2.05, 4.69) is 9.98 Å². The number of nitrogens with two attached hydrogens (primary N) is 1. The summed E-state index contributed by atoms with van der Waals surface area (Å²) in [5.41, 5.74) is 5.29. The molecule has 1 rings (SSSR count). The van der Waals surface area contributed by atoms with Crippen molar-refractivity contribution in [2.24, 2.45) is 10.7 Å². The summed E-state index contributed by atoms with van der Waals surface area (Å²) in [5, 5.41) is 19.8.